The number of carbonyl (C=O) groups is 1. The van der Waals surface area contributed by atoms with E-state index in [0.717, 1.165) is 36.4 Å². The van der Waals surface area contributed by atoms with E-state index in [1.165, 1.54) is 16.7 Å². The molecular weight excluding hydrogens is 501 g/mol. The highest BCUT2D eigenvalue weighted by Crippen LogP contribution is 2.22. The second-order valence-corrected chi connectivity index (χ2v) is 7.46. The first kappa shape index (κ1) is 23.0. The summed E-state index contributed by atoms with van der Waals surface area (Å²) in [6.07, 6.45) is 3.13. The number of carbonyl (C=O) groups excluding carboxylic acids is 1. The Kier molecular flexibility index (Phi) is 8.22. The van der Waals surface area contributed by atoms with Crippen LogP contribution < -0.4 is 10.6 Å². The average molecular weight is 529 g/mol. The molecular formula is C24H28IN5O. The van der Waals surface area contributed by atoms with Gasteiger partial charge in [0.2, 0.25) is 5.91 Å². The van der Waals surface area contributed by atoms with Gasteiger partial charge >= 0.3 is 0 Å². The Morgan fingerprint density at radius 2 is 1.74 bits per heavy atom. The number of pyridine rings is 1. The molecule has 0 aliphatic carbocycles. The van der Waals surface area contributed by atoms with Crippen molar-refractivity contribution in [3.63, 3.8) is 0 Å². The highest BCUT2D eigenvalue weighted by atomic mass is 127. The Labute approximate surface area is 200 Å². The number of rotatable bonds is 6. The van der Waals surface area contributed by atoms with E-state index in [4.69, 9.17) is 0 Å². The van der Waals surface area contributed by atoms with Crippen LogP contribution in [-0.2, 0) is 24.4 Å². The Morgan fingerprint density at radius 3 is 2.48 bits per heavy atom. The third-order valence-corrected chi connectivity index (χ3v) is 5.46. The first-order chi connectivity index (χ1) is 14.7. The van der Waals surface area contributed by atoms with Crippen LogP contribution in [0.15, 0.2) is 65.8 Å². The van der Waals surface area contributed by atoms with E-state index in [-0.39, 0.29) is 29.9 Å². The molecule has 0 saturated carbocycles. The molecule has 0 radical (unpaired) electrons. The zero-order valence-corrected chi connectivity index (χ0v) is 20.0. The lowest BCUT2D eigenvalue weighted by molar-refractivity contribution is -0.131. The van der Waals surface area contributed by atoms with Crippen LogP contribution in [0.3, 0.4) is 0 Å². The molecule has 1 aromatic heterocycles. The quantitative estimate of drug-likeness (QED) is 0.221. The molecule has 0 atom stereocenters. The number of hydrogen-bond acceptors (Lipinski definition) is 3. The normalized spacial score (nSPS) is 12.9. The molecule has 162 valence electrons. The standard InChI is InChI=1S/C24H27N5O.HI/c1-25-24(28-15-18-12-14-26-22-10-5-4-9-21(18)22)27-13-6-11-23(30)29-16-19-7-2-3-8-20(19)17-29;/h2-5,7-10,12,14H,6,11,13,15-17H2,1H3,(H2,25,27,28);1H. The van der Waals surface area contributed by atoms with E-state index >= 15 is 0 Å². The number of amides is 1. The highest BCUT2D eigenvalue weighted by Gasteiger charge is 2.22. The van der Waals surface area contributed by atoms with Crippen LogP contribution in [-0.4, -0.2) is 35.3 Å². The maximum absolute atomic E-state index is 12.5. The summed E-state index contributed by atoms with van der Waals surface area (Å²) in [6.45, 7) is 2.81. The Bertz CT molecular complexity index is 1040. The summed E-state index contributed by atoms with van der Waals surface area (Å²) in [5.74, 6) is 0.941. The molecule has 3 aromatic rings. The largest absolute Gasteiger partial charge is 0.356 e. The number of halogens is 1. The third kappa shape index (κ3) is 5.72. The van der Waals surface area contributed by atoms with Gasteiger partial charge in [-0.15, -0.1) is 24.0 Å². The molecule has 1 aliphatic heterocycles. The Balaban J connectivity index is 0.00000272. The van der Waals surface area contributed by atoms with Crippen molar-refractivity contribution in [3.05, 3.63) is 77.5 Å². The van der Waals surface area contributed by atoms with Gasteiger partial charge in [-0.25, -0.2) is 0 Å². The van der Waals surface area contributed by atoms with Crippen LogP contribution in [0.2, 0.25) is 0 Å². The van der Waals surface area contributed by atoms with Crippen LogP contribution in [0.1, 0.15) is 29.5 Å². The topological polar surface area (TPSA) is 69.6 Å². The molecule has 2 heterocycles. The predicted octanol–water partition coefficient (Wildman–Crippen LogP) is 3.84. The molecule has 1 amide bonds. The summed E-state index contributed by atoms with van der Waals surface area (Å²) < 4.78 is 0. The molecule has 2 N–H and O–H groups in total. The highest BCUT2D eigenvalue weighted by molar-refractivity contribution is 14.0. The molecule has 6 nitrogen and oxygen atoms in total. The van der Waals surface area contributed by atoms with Gasteiger partial charge in [0.1, 0.15) is 0 Å². The molecule has 0 fully saturated rings. The number of aromatic nitrogens is 1. The van der Waals surface area contributed by atoms with E-state index in [1.807, 2.05) is 47.5 Å². The van der Waals surface area contributed by atoms with Gasteiger partial charge in [-0.3, -0.25) is 14.8 Å². The second-order valence-electron chi connectivity index (χ2n) is 7.46. The van der Waals surface area contributed by atoms with Crippen LogP contribution in [0.4, 0.5) is 0 Å². The fraction of sp³-hybridized carbons (Fsp3) is 0.292. The summed E-state index contributed by atoms with van der Waals surface area (Å²) in [4.78, 5) is 23.1. The van der Waals surface area contributed by atoms with Crippen molar-refractivity contribution in [2.24, 2.45) is 4.99 Å². The monoisotopic (exact) mass is 529 g/mol. The van der Waals surface area contributed by atoms with E-state index in [2.05, 4.69) is 38.8 Å². The first-order valence-corrected chi connectivity index (χ1v) is 10.4. The fourth-order valence-corrected chi connectivity index (χ4v) is 3.82. The van der Waals surface area contributed by atoms with Crippen molar-refractivity contribution in [3.8, 4) is 0 Å². The minimum atomic E-state index is 0. The summed E-state index contributed by atoms with van der Waals surface area (Å²) in [7, 11) is 1.76. The van der Waals surface area contributed by atoms with Crippen molar-refractivity contribution in [2.75, 3.05) is 13.6 Å². The number of hydrogen-bond donors (Lipinski definition) is 2. The van der Waals surface area contributed by atoms with Crippen molar-refractivity contribution >= 4 is 46.7 Å². The van der Waals surface area contributed by atoms with Gasteiger partial charge in [0.25, 0.3) is 0 Å². The molecule has 0 spiro atoms. The maximum atomic E-state index is 12.5. The number of nitrogens with one attached hydrogen (secondary N) is 2. The van der Waals surface area contributed by atoms with Gasteiger partial charge < -0.3 is 15.5 Å². The number of fused-ring (bicyclic) bond motifs is 2. The average Bonchev–Trinajstić information content (AvgIpc) is 3.23. The smallest absolute Gasteiger partial charge is 0.223 e. The van der Waals surface area contributed by atoms with Gasteiger partial charge in [-0.05, 0) is 35.2 Å². The molecule has 31 heavy (non-hydrogen) atoms. The zero-order valence-electron chi connectivity index (χ0n) is 17.7. The van der Waals surface area contributed by atoms with E-state index in [0.29, 0.717) is 19.5 Å². The third-order valence-electron chi connectivity index (χ3n) is 5.46. The molecule has 0 saturated heterocycles. The number of nitrogens with zero attached hydrogens (tertiary/aromatic N) is 3. The summed E-state index contributed by atoms with van der Waals surface area (Å²) in [6, 6.07) is 18.4. The summed E-state index contributed by atoms with van der Waals surface area (Å²) in [5.41, 5.74) is 4.68. The lowest BCUT2D eigenvalue weighted by Gasteiger charge is -2.16. The first-order valence-electron chi connectivity index (χ1n) is 10.4. The predicted molar refractivity (Wildman–Crippen MR) is 135 cm³/mol. The van der Waals surface area contributed by atoms with E-state index in [9.17, 15) is 4.79 Å². The summed E-state index contributed by atoms with van der Waals surface area (Å²) >= 11 is 0. The van der Waals surface area contributed by atoms with Crippen LogP contribution in [0, 0.1) is 0 Å². The second kappa shape index (κ2) is 11.1. The number of guanidine groups is 1. The van der Waals surface area contributed by atoms with Crippen molar-refractivity contribution in [1.82, 2.24) is 20.5 Å². The van der Waals surface area contributed by atoms with Crippen LogP contribution >= 0.6 is 24.0 Å². The van der Waals surface area contributed by atoms with E-state index < -0.39 is 0 Å². The molecule has 4 rings (SSSR count). The lowest BCUT2D eigenvalue weighted by atomic mass is 10.1. The Morgan fingerprint density at radius 1 is 1.03 bits per heavy atom. The molecule has 0 unspecified atom stereocenters. The fourth-order valence-electron chi connectivity index (χ4n) is 3.82. The summed E-state index contributed by atoms with van der Waals surface area (Å²) in [5, 5.41) is 7.79. The molecule has 7 heteroatoms. The number of benzene rings is 2. The van der Waals surface area contributed by atoms with Gasteiger partial charge in [-0.2, -0.15) is 0 Å². The number of aliphatic imine (C=N–C) groups is 1. The number of para-hydroxylation sites is 1. The van der Waals surface area contributed by atoms with Gasteiger partial charge in [0.05, 0.1) is 5.52 Å². The maximum Gasteiger partial charge on any atom is 0.223 e. The van der Waals surface area contributed by atoms with Gasteiger partial charge in [-0.1, -0.05) is 42.5 Å². The Hall–Kier alpha value is -2.68. The van der Waals surface area contributed by atoms with Crippen molar-refractivity contribution in [2.45, 2.75) is 32.5 Å². The van der Waals surface area contributed by atoms with Gasteiger partial charge in [0.15, 0.2) is 5.96 Å². The SMILES string of the molecule is CN=C(NCCCC(=O)N1Cc2ccccc2C1)NCc1ccnc2ccccc12.I. The minimum Gasteiger partial charge on any atom is -0.356 e. The molecule has 2 aromatic carbocycles. The van der Waals surface area contributed by atoms with Crippen molar-refractivity contribution < 1.29 is 4.79 Å². The van der Waals surface area contributed by atoms with Crippen molar-refractivity contribution in [1.29, 1.82) is 0 Å². The minimum absolute atomic E-state index is 0. The van der Waals surface area contributed by atoms with Crippen LogP contribution in [0.25, 0.3) is 10.9 Å². The molecule has 1 aliphatic rings. The van der Waals surface area contributed by atoms with Crippen LogP contribution in [0.5, 0.6) is 0 Å². The zero-order chi connectivity index (χ0) is 20.8. The van der Waals surface area contributed by atoms with Gasteiger partial charge in [0, 0.05) is 51.2 Å². The molecule has 0 bridgehead atoms. The lowest BCUT2D eigenvalue weighted by Crippen LogP contribution is -2.37. The van der Waals surface area contributed by atoms with E-state index in [1.54, 1.807) is 7.05 Å².